The van der Waals surface area contributed by atoms with Gasteiger partial charge in [-0.15, -0.1) is 11.8 Å². The first kappa shape index (κ1) is 22.9. The smallest absolute Gasteiger partial charge is 0.225 e. The molecule has 0 saturated carbocycles. The van der Waals surface area contributed by atoms with Gasteiger partial charge >= 0.3 is 0 Å². The number of rotatable bonds is 9. The summed E-state index contributed by atoms with van der Waals surface area (Å²) in [6.45, 7) is 2.04. The molecule has 31 heavy (non-hydrogen) atoms. The SMILES string of the molecule is COc1ccccc1CS(=O)(=O)c1ccc(NC(=O)CCSc2ccc(C)cc2)cc1. The monoisotopic (exact) mass is 455 g/mol. The summed E-state index contributed by atoms with van der Waals surface area (Å²) < 4.78 is 30.8. The van der Waals surface area contributed by atoms with E-state index in [-0.39, 0.29) is 16.6 Å². The maximum Gasteiger partial charge on any atom is 0.225 e. The van der Waals surface area contributed by atoms with Crippen LogP contribution in [0.3, 0.4) is 0 Å². The van der Waals surface area contributed by atoms with E-state index in [0.29, 0.717) is 29.2 Å². The molecule has 3 aromatic carbocycles. The minimum atomic E-state index is -3.54. The molecule has 0 spiro atoms. The number of anilines is 1. The van der Waals surface area contributed by atoms with Crippen molar-refractivity contribution in [3.05, 3.63) is 83.9 Å². The summed E-state index contributed by atoms with van der Waals surface area (Å²) in [6.07, 6.45) is 0.367. The van der Waals surface area contributed by atoms with Crippen molar-refractivity contribution in [3.8, 4) is 5.75 Å². The Hall–Kier alpha value is -2.77. The highest BCUT2D eigenvalue weighted by Gasteiger charge is 2.18. The Morgan fingerprint density at radius 1 is 0.968 bits per heavy atom. The van der Waals surface area contributed by atoms with E-state index in [0.717, 1.165) is 4.90 Å². The van der Waals surface area contributed by atoms with E-state index in [2.05, 4.69) is 5.32 Å². The zero-order valence-corrected chi connectivity index (χ0v) is 19.1. The number of hydrogen-bond donors (Lipinski definition) is 1. The standard InChI is InChI=1S/C24H25NO4S2/c1-18-7-11-21(12-8-18)30-16-15-24(26)25-20-9-13-22(14-10-20)31(27,28)17-19-5-3-4-6-23(19)29-2/h3-14H,15-17H2,1-2H3,(H,25,26). The van der Waals surface area contributed by atoms with Crippen LogP contribution in [0.5, 0.6) is 5.75 Å². The first-order valence-corrected chi connectivity index (χ1v) is 12.5. The predicted octanol–water partition coefficient (Wildman–Crippen LogP) is 5.10. The van der Waals surface area contributed by atoms with Crippen molar-refractivity contribution in [1.29, 1.82) is 0 Å². The van der Waals surface area contributed by atoms with E-state index < -0.39 is 9.84 Å². The number of aryl methyl sites for hydroxylation is 1. The van der Waals surface area contributed by atoms with Gasteiger partial charge in [-0.2, -0.15) is 0 Å². The maximum absolute atomic E-state index is 12.8. The second-order valence-electron chi connectivity index (χ2n) is 7.06. The lowest BCUT2D eigenvalue weighted by Gasteiger charge is -2.10. The minimum Gasteiger partial charge on any atom is -0.496 e. The molecule has 0 radical (unpaired) electrons. The van der Waals surface area contributed by atoms with Crippen LogP contribution in [0.4, 0.5) is 5.69 Å². The first-order chi connectivity index (χ1) is 14.9. The van der Waals surface area contributed by atoms with E-state index in [1.807, 2.05) is 31.2 Å². The number of methoxy groups -OCH3 is 1. The van der Waals surface area contributed by atoms with Crippen LogP contribution in [0.1, 0.15) is 17.5 Å². The Labute approximate surface area is 187 Å². The molecule has 0 aliphatic rings. The molecule has 1 amide bonds. The highest BCUT2D eigenvalue weighted by Crippen LogP contribution is 2.25. The van der Waals surface area contributed by atoms with Gasteiger partial charge in [-0.05, 0) is 49.4 Å². The van der Waals surface area contributed by atoms with Crippen molar-refractivity contribution in [3.63, 3.8) is 0 Å². The van der Waals surface area contributed by atoms with E-state index >= 15 is 0 Å². The zero-order valence-electron chi connectivity index (χ0n) is 17.5. The summed E-state index contributed by atoms with van der Waals surface area (Å²) in [5, 5.41) is 2.82. The fourth-order valence-corrected chi connectivity index (χ4v) is 5.19. The van der Waals surface area contributed by atoms with Crippen LogP contribution in [0.15, 0.2) is 82.6 Å². The quantitative estimate of drug-likeness (QED) is 0.455. The average molecular weight is 456 g/mol. The van der Waals surface area contributed by atoms with Gasteiger partial charge in [0.05, 0.1) is 17.8 Å². The largest absolute Gasteiger partial charge is 0.496 e. The van der Waals surface area contributed by atoms with Gasteiger partial charge in [0.2, 0.25) is 5.91 Å². The topological polar surface area (TPSA) is 72.5 Å². The number of ether oxygens (including phenoxy) is 1. The van der Waals surface area contributed by atoms with E-state index in [1.165, 1.54) is 24.8 Å². The maximum atomic E-state index is 12.8. The number of nitrogens with one attached hydrogen (secondary N) is 1. The molecular formula is C24H25NO4S2. The number of sulfone groups is 1. The molecule has 0 aliphatic heterocycles. The highest BCUT2D eigenvalue weighted by atomic mass is 32.2. The van der Waals surface area contributed by atoms with Crippen LogP contribution in [0.25, 0.3) is 0 Å². The molecule has 5 nitrogen and oxygen atoms in total. The summed E-state index contributed by atoms with van der Waals surface area (Å²) in [5.74, 6) is 0.946. The van der Waals surface area contributed by atoms with Crippen molar-refractivity contribution in [2.24, 2.45) is 0 Å². The van der Waals surface area contributed by atoms with E-state index in [1.54, 1.807) is 48.2 Å². The number of carbonyl (C=O) groups excluding carboxylic acids is 1. The van der Waals surface area contributed by atoms with Crippen LogP contribution >= 0.6 is 11.8 Å². The summed E-state index contributed by atoms with van der Waals surface area (Å²) in [7, 11) is -2.02. The number of benzene rings is 3. The molecule has 0 aliphatic carbocycles. The van der Waals surface area contributed by atoms with Crippen LogP contribution in [-0.4, -0.2) is 27.2 Å². The average Bonchev–Trinajstić information content (AvgIpc) is 2.75. The fraction of sp³-hybridized carbons (Fsp3) is 0.208. The Morgan fingerprint density at radius 3 is 2.32 bits per heavy atom. The van der Waals surface area contributed by atoms with Gasteiger partial charge < -0.3 is 10.1 Å². The molecule has 3 aromatic rings. The van der Waals surface area contributed by atoms with Crippen LogP contribution < -0.4 is 10.1 Å². The molecule has 0 unspecified atom stereocenters. The summed E-state index contributed by atoms with van der Waals surface area (Å²) in [5.41, 5.74) is 2.38. The molecule has 0 fully saturated rings. The second kappa shape index (κ2) is 10.5. The van der Waals surface area contributed by atoms with Crippen LogP contribution in [-0.2, 0) is 20.4 Å². The van der Waals surface area contributed by atoms with Crippen LogP contribution in [0.2, 0.25) is 0 Å². The Balaban J connectivity index is 1.55. The van der Waals surface area contributed by atoms with E-state index in [9.17, 15) is 13.2 Å². The van der Waals surface area contributed by atoms with Crippen molar-refractivity contribution in [2.75, 3.05) is 18.2 Å². The van der Waals surface area contributed by atoms with Gasteiger partial charge in [0.1, 0.15) is 5.75 Å². The van der Waals surface area contributed by atoms with Gasteiger partial charge in [0.25, 0.3) is 0 Å². The summed E-state index contributed by atoms with van der Waals surface area (Å²) in [6, 6.07) is 21.5. The highest BCUT2D eigenvalue weighted by molar-refractivity contribution is 7.99. The van der Waals surface area contributed by atoms with Crippen molar-refractivity contribution < 1.29 is 17.9 Å². The van der Waals surface area contributed by atoms with Crippen molar-refractivity contribution in [1.82, 2.24) is 0 Å². The summed E-state index contributed by atoms with van der Waals surface area (Å²) >= 11 is 1.63. The minimum absolute atomic E-state index is 0.107. The molecule has 162 valence electrons. The molecule has 3 rings (SSSR count). The third-order valence-electron chi connectivity index (χ3n) is 4.65. The molecule has 0 saturated heterocycles. The van der Waals surface area contributed by atoms with Gasteiger partial charge in [-0.1, -0.05) is 35.9 Å². The number of carbonyl (C=O) groups is 1. The summed E-state index contributed by atoms with van der Waals surface area (Å²) in [4.78, 5) is 13.5. The number of thioether (sulfide) groups is 1. The number of para-hydroxylation sites is 1. The fourth-order valence-electron chi connectivity index (χ4n) is 2.98. The molecule has 0 atom stereocenters. The van der Waals surface area contributed by atoms with Crippen molar-refractivity contribution in [2.45, 2.75) is 28.9 Å². The van der Waals surface area contributed by atoms with Crippen molar-refractivity contribution >= 4 is 33.2 Å². The van der Waals surface area contributed by atoms with E-state index in [4.69, 9.17) is 4.74 Å². The lowest BCUT2D eigenvalue weighted by Crippen LogP contribution is -2.12. The Bertz CT molecular complexity index is 1130. The van der Waals surface area contributed by atoms with Gasteiger partial charge in [-0.3, -0.25) is 4.79 Å². The zero-order chi connectivity index (χ0) is 22.3. The Morgan fingerprint density at radius 2 is 1.65 bits per heavy atom. The molecule has 1 N–H and O–H groups in total. The predicted molar refractivity (Wildman–Crippen MR) is 125 cm³/mol. The number of amides is 1. The lowest BCUT2D eigenvalue weighted by atomic mass is 10.2. The molecule has 0 bridgehead atoms. The molecule has 7 heteroatoms. The first-order valence-electron chi connectivity index (χ1n) is 9.81. The molecule has 0 heterocycles. The second-order valence-corrected chi connectivity index (χ2v) is 10.2. The van der Waals surface area contributed by atoms with Crippen LogP contribution in [0, 0.1) is 6.92 Å². The van der Waals surface area contributed by atoms with Gasteiger partial charge in [-0.25, -0.2) is 8.42 Å². The van der Waals surface area contributed by atoms with Gasteiger partial charge in [0, 0.05) is 28.3 Å². The Kier molecular flexibility index (Phi) is 7.76. The molecular weight excluding hydrogens is 430 g/mol. The third kappa shape index (κ3) is 6.60. The lowest BCUT2D eigenvalue weighted by molar-refractivity contribution is -0.115. The van der Waals surface area contributed by atoms with Gasteiger partial charge in [0.15, 0.2) is 9.84 Å². The third-order valence-corrected chi connectivity index (χ3v) is 7.35. The molecule has 0 aromatic heterocycles. The number of hydrogen-bond acceptors (Lipinski definition) is 5. The normalized spacial score (nSPS) is 11.2.